The molecule has 1 unspecified atom stereocenters. The van der Waals surface area contributed by atoms with E-state index in [0.717, 1.165) is 33.2 Å². The quantitative estimate of drug-likeness (QED) is 0.503. The number of pyridine rings is 2. The summed E-state index contributed by atoms with van der Waals surface area (Å²) in [5.74, 6) is 0. The van der Waals surface area contributed by atoms with Gasteiger partial charge < -0.3 is 14.6 Å². The summed E-state index contributed by atoms with van der Waals surface area (Å²) in [7, 11) is 2.21. The maximum Gasteiger partial charge on any atom is 0.186 e. The highest BCUT2D eigenvalue weighted by atomic mass is 32.1. The van der Waals surface area contributed by atoms with Crippen molar-refractivity contribution < 1.29 is 0 Å². The number of anilines is 1. The van der Waals surface area contributed by atoms with Crippen LogP contribution in [-0.4, -0.2) is 43.5 Å². The summed E-state index contributed by atoms with van der Waals surface area (Å²) in [6.45, 7) is 6.78. The molecule has 2 fully saturated rings. The van der Waals surface area contributed by atoms with E-state index in [1.54, 1.807) is 11.3 Å². The van der Waals surface area contributed by atoms with Crippen molar-refractivity contribution in [3.8, 4) is 11.3 Å². The van der Waals surface area contributed by atoms with E-state index in [9.17, 15) is 0 Å². The number of thiazole rings is 1. The summed E-state index contributed by atoms with van der Waals surface area (Å²) < 4.78 is 3.25. The van der Waals surface area contributed by atoms with Gasteiger partial charge in [-0.2, -0.15) is 0 Å². The summed E-state index contributed by atoms with van der Waals surface area (Å²) in [6, 6.07) is 6.83. The molecule has 0 saturated carbocycles. The van der Waals surface area contributed by atoms with Gasteiger partial charge in [-0.1, -0.05) is 11.3 Å². The Balaban J connectivity index is 1.32. The van der Waals surface area contributed by atoms with Crippen LogP contribution in [0, 0.1) is 6.92 Å². The molecule has 3 atom stereocenters. The number of hydrogen-bond acceptors (Lipinski definition) is 6. The summed E-state index contributed by atoms with van der Waals surface area (Å²) in [4.78, 5) is 16.6. The van der Waals surface area contributed by atoms with Gasteiger partial charge in [0.25, 0.3) is 0 Å². The Morgan fingerprint density at radius 1 is 1.13 bits per heavy atom. The lowest BCUT2D eigenvalue weighted by Gasteiger charge is -2.45. The zero-order valence-electron chi connectivity index (χ0n) is 18.5. The Morgan fingerprint density at radius 2 is 1.90 bits per heavy atom. The highest BCUT2D eigenvalue weighted by Gasteiger charge is 2.49. The van der Waals surface area contributed by atoms with E-state index in [-0.39, 0.29) is 11.1 Å². The first-order valence-electron chi connectivity index (χ1n) is 11.0. The predicted octanol–water partition coefficient (Wildman–Crippen LogP) is 4.81. The van der Waals surface area contributed by atoms with Gasteiger partial charge in [0.2, 0.25) is 0 Å². The van der Waals surface area contributed by atoms with Gasteiger partial charge in [-0.3, -0.25) is 4.98 Å². The molecule has 7 heteroatoms. The first kappa shape index (κ1) is 19.2. The number of fused-ring (bicyclic) bond motifs is 4. The monoisotopic (exact) mass is 432 g/mol. The van der Waals surface area contributed by atoms with Crippen LogP contribution in [0.1, 0.15) is 45.2 Å². The van der Waals surface area contributed by atoms with Crippen LogP contribution in [-0.2, 0) is 0 Å². The van der Waals surface area contributed by atoms with Gasteiger partial charge in [-0.05, 0) is 64.7 Å². The van der Waals surface area contributed by atoms with Gasteiger partial charge in [-0.15, -0.1) is 0 Å². The van der Waals surface area contributed by atoms with Crippen LogP contribution in [0.15, 0.2) is 36.8 Å². The number of imidazole rings is 1. The summed E-state index contributed by atoms with van der Waals surface area (Å²) >= 11 is 1.77. The summed E-state index contributed by atoms with van der Waals surface area (Å²) in [5, 5.41) is 4.98. The van der Waals surface area contributed by atoms with E-state index in [1.807, 2.05) is 25.4 Å². The van der Waals surface area contributed by atoms with Crippen molar-refractivity contribution in [3.05, 3.63) is 42.5 Å². The van der Waals surface area contributed by atoms with Crippen LogP contribution in [0.4, 0.5) is 5.13 Å². The second kappa shape index (κ2) is 6.50. The Bertz CT molecular complexity index is 1290. The molecule has 6 nitrogen and oxygen atoms in total. The van der Waals surface area contributed by atoms with Crippen molar-refractivity contribution in [2.45, 2.75) is 63.6 Å². The molecule has 0 aromatic carbocycles. The third-order valence-corrected chi connectivity index (χ3v) is 8.29. The largest absolute Gasteiger partial charge is 0.348 e. The lowest BCUT2D eigenvalue weighted by molar-refractivity contribution is 0.208. The molecule has 2 bridgehead atoms. The number of nitrogens with one attached hydrogen (secondary N) is 1. The number of nitrogens with zero attached hydrogens (tertiary/aromatic N) is 5. The lowest BCUT2D eigenvalue weighted by atomic mass is 9.84. The zero-order valence-corrected chi connectivity index (χ0v) is 19.3. The molecule has 160 valence electrons. The Morgan fingerprint density at radius 3 is 2.68 bits per heavy atom. The molecule has 0 spiro atoms. The molecule has 2 aliphatic rings. The van der Waals surface area contributed by atoms with Crippen molar-refractivity contribution in [3.63, 3.8) is 0 Å². The predicted molar refractivity (Wildman–Crippen MR) is 127 cm³/mol. The minimum atomic E-state index is 0.252. The van der Waals surface area contributed by atoms with Crippen LogP contribution >= 0.6 is 11.3 Å². The number of hydrogen-bond donors (Lipinski definition) is 1. The second-order valence-corrected chi connectivity index (χ2v) is 11.0. The highest BCUT2D eigenvalue weighted by Crippen LogP contribution is 2.44. The summed E-state index contributed by atoms with van der Waals surface area (Å²) in [5.41, 5.74) is 5.52. The number of aryl methyl sites for hydroxylation is 1. The van der Waals surface area contributed by atoms with Gasteiger partial charge in [0, 0.05) is 42.1 Å². The highest BCUT2D eigenvalue weighted by molar-refractivity contribution is 7.22. The van der Waals surface area contributed by atoms with E-state index in [0.29, 0.717) is 6.04 Å². The van der Waals surface area contributed by atoms with Gasteiger partial charge in [-0.25, -0.2) is 9.97 Å². The van der Waals surface area contributed by atoms with Gasteiger partial charge in [0.1, 0.15) is 11.2 Å². The Hall–Kier alpha value is -2.51. The Kier molecular flexibility index (Phi) is 4.02. The number of piperidine rings is 1. The average molecular weight is 433 g/mol. The molecular weight excluding hydrogens is 404 g/mol. The fourth-order valence-electron chi connectivity index (χ4n) is 5.65. The second-order valence-electron chi connectivity index (χ2n) is 10.0. The van der Waals surface area contributed by atoms with Crippen LogP contribution in [0.3, 0.4) is 0 Å². The maximum absolute atomic E-state index is 4.94. The van der Waals surface area contributed by atoms with E-state index in [2.05, 4.69) is 58.8 Å². The standard InChI is InChI=1S/C24H28N6S/c1-15-13-30-14-16(5-6-21(30)26-15)18-9-20-19(12-25-18)27-22(31-20)29(4)17-10-23(2)7-8-24(3,11-17)28-23/h5-6,9,12-14,17,28H,7-8,10-11H2,1-4H3/t17?,23-,24+. The fraction of sp³-hybridized carbons (Fsp3) is 0.458. The van der Waals surface area contributed by atoms with Crippen LogP contribution in [0.25, 0.3) is 27.1 Å². The molecule has 4 aromatic rings. The van der Waals surface area contributed by atoms with Crippen molar-refractivity contribution in [2.75, 3.05) is 11.9 Å². The zero-order chi connectivity index (χ0) is 21.4. The molecule has 0 radical (unpaired) electrons. The van der Waals surface area contributed by atoms with E-state index in [4.69, 9.17) is 9.97 Å². The van der Waals surface area contributed by atoms with Gasteiger partial charge in [0.15, 0.2) is 5.13 Å². The van der Waals surface area contributed by atoms with E-state index >= 15 is 0 Å². The van der Waals surface area contributed by atoms with Gasteiger partial charge >= 0.3 is 0 Å². The fourth-order valence-corrected chi connectivity index (χ4v) is 6.66. The molecule has 0 amide bonds. The topological polar surface area (TPSA) is 58.4 Å². The normalized spacial score (nSPS) is 27.9. The SMILES string of the molecule is Cc1cn2cc(-c3cc4sc(N(C)C5C[C@]6(C)CC[C@](C)(C5)N6)nc4cn3)ccc2n1. The van der Waals surface area contributed by atoms with E-state index in [1.165, 1.54) is 30.4 Å². The third kappa shape index (κ3) is 3.22. The molecule has 6 rings (SSSR count). The molecule has 1 N–H and O–H groups in total. The van der Waals surface area contributed by atoms with Crippen molar-refractivity contribution in [1.82, 2.24) is 24.7 Å². The summed E-state index contributed by atoms with van der Waals surface area (Å²) in [6.07, 6.45) is 10.9. The molecule has 2 saturated heterocycles. The molecule has 2 aliphatic heterocycles. The number of aromatic nitrogens is 4. The lowest BCUT2D eigenvalue weighted by Crippen LogP contribution is -2.58. The third-order valence-electron chi connectivity index (χ3n) is 7.18. The van der Waals surface area contributed by atoms with Crippen LogP contribution in [0.5, 0.6) is 0 Å². The first-order valence-corrected chi connectivity index (χ1v) is 11.9. The molecular formula is C24H28N6S. The van der Waals surface area contributed by atoms with Crippen molar-refractivity contribution >= 4 is 32.3 Å². The maximum atomic E-state index is 4.94. The Labute approximate surface area is 186 Å². The minimum absolute atomic E-state index is 0.252. The van der Waals surface area contributed by atoms with Crippen molar-refractivity contribution in [2.24, 2.45) is 0 Å². The molecule has 4 aromatic heterocycles. The molecule has 31 heavy (non-hydrogen) atoms. The molecule has 6 heterocycles. The van der Waals surface area contributed by atoms with Gasteiger partial charge in [0.05, 0.1) is 22.3 Å². The number of rotatable bonds is 3. The van der Waals surface area contributed by atoms with Crippen LogP contribution < -0.4 is 10.2 Å². The smallest absolute Gasteiger partial charge is 0.186 e. The van der Waals surface area contributed by atoms with Crippen LogP contribution in [0.2, 0.25) is 0 Å². The molecule has 0 aliphatic carbocycles. The van der Waals surface area contributed by atoms with Crippen molar-refractivity contribution in [1.29, 1.82) is 0 Å². The first-order chi connectivity index (χ1) is 14.8. The minimum Gasteiger partial charge on any atom is -0.348 e. The average Bonchev–Trinajstić information content (AvgIpc) is 3.38. The van der Waals surface area contributed by atoms with E-state index < -0.39 is 0 Å².